The van der Waals surface area contributed by atoms with Gasteiger partial charge in [-0.15, -0.1) is 0 Å². The number of rotatable bonds is 4. The Hall–Kier alpha value is -1.35. The summed E-state index contributed by atoms with van der Waals surface area (Å²) in [6.07, 6.45) is 1.96. The molecule has 24 heavy (non-hydrogen) atoms. The maximum atomic E-state index is 13.0. The van der Waals surface area contributed by atoms with Crippen LogP contribution in [0.1, 0.15) is 146 Å². The normalized spacial score (nSPS) is 27.8. The van der Waals surface area contributed by atoms with Gasteiger partial charge in [0.2, 0.25) is 0 Å². The van der Waals surface area contributed by atoms with E-state index in [0.29, 0.717) is 5.92 Å². The smallest absolute Gasteiger partial charge is 0.315 e. The Morgan fingerprint density at radius 2 is 1.92 bits per heavy atom. The Morgan fingerprint density at radius 1 is 1.29 bits per heavy atom. The number of carbonyl (C=O) groups is 1. The van der Waals surface area contributed by atoms with Crippen molar-refractivity contribution in [2.45, 2.75) is 84.4 Å². The van der Waals surface area contributed by atoms with Crippen LogP contribution in [0.15, 0.2) is 24.3 Å². The highest BCUT2D eigenvalue weighted by Crippen LogP contribution is 2.42. The zero-order valence-corrected chi connectivity index (χ0v) is 16.3. The highest BCUT2D eigenvalue weighted by molar-refractivity contribution is 5.81. The molecule has 2 rings (SSSR count). The Balaban J connectivity index is -0.00000000245. The minimum atomic E-state index is -0.311. The van der Waals surface area contributed by atoms with Gasteiger partial charge in [-0.2, -0.15) is 0 Å². The first-order valence-electron chi connectivity index (χ1n) is 9.12. The van der Waals surface area contributed by atoms with Crippen LogP contribution in [0.4, 0.5) is 0 Å². The van der Waals surface area contributed by atoms with E-state index in [0.717, 1.165) is 24.0 Å². The summed E-state index contributed by atoms with van der Waals surface area (Å²) < 4.78 is 5.66. The van der Waals surface area contributed by atoms with E-state index in [1.165, 1.54) is 0 Å². The number of hydrogen-bond donors (Lipinski definition) is 1. The first-order valence-corrected chi connectivity index (χ1v) is 9.12. The van der Waals surface area contributed by atoms with E-state index in [1.807, 2.05) is 26.0 Å². The zero-order valence-electron chi connectivity index (χ0n) is 16.3. The maximum Gasteiger partial charge on any atom is 0.315 e. The SMILES string of the molecule is Cc1ccccc1[C@@H](C(=O)OC(C)C)[C@@]1(C)CCC(C)C(C)(C)N1.[HH].[HH].[HH].[HH].[HH].[HH].[HH].[HH].[HH].[HH].[HH].[HH].[HH].[HH].[HH].[HH].[HH].[HH].[HH].[HH].[HH].[HH].[HH].[HH].[HH].[HH].[HH].[HH].[HH].[HH].[HH].[HH].[HH].[HH].[HH].[HH].[HH].[HH].[HH].[HH].[HH].[HH].[HH].[HH].[HH].[HH].[HH].[HH].[HH].[HH].[HH].[HH]. The molecular weight excluding hydrogens is 298 g/mol. The summed E-state index contributed by atoms with van der Waals surface area (Å²) in [5.41, 5.74) is 1.89. The molecule has 1 aliphatic rings. The van der Waals surface area contributed by atoms with E-state index in [4.69, 9.17) is 4.74 Å². The van der Waals surface area contributed by atoms with Crippen LogP contribution in [0.5, 0.6) is 0 Å². The highest BCUT2D eigenvalue weighted by atomic mass is 16.5. The van der Waals surface area contributed by atoms with Crippen molar-refractivity contribution < 1.29 is 83.7 Å². The van der Waals surface area contributed by atoms with Gasteiger partial charge in [0.15, 0.2) is 0 Å². The molecule has 1 unspecified atom stereocenters. The molecule has 1 heterocycles. The van der Waals surface area contributed by atoms with Crippen LogP contribution in [-0.2, 0) is 9.53 Å². The summed E-state index contributed by atoms with van der Waals surface area (Å²) in [5, 5.41) is 3.80. The van der Waals surface area contributed by atoms with Gasteiger partial charge in [0.05, 0.1) is 12.0 Å². The fourth-order valence-corrected chi connectivity index (χ4v) is 3.96. The Morgan fingerprint density at radius 3 is 2.46 bits per heavy atom. The average Bonchev–Trinajstić information content (AvgIpc) is 2.44. The molecule has 1 aromatic carbocycles. The number of hydrogen-bond acceptors (Lipinski definition) is 3. The second-order valence-electron chi connectivity index (χ2n) is 8.48. The van der Waals surface area contributed by atoms with Crippen molar-refractivity contribution in [2.75, 3.05) is 0 Å². The summed E-state index contributed by atoms with van der Waals surface area (Å²) in [7, 11) is 0. The summed E-state index contributed by atoms with van der Waals surface area (Å²) in [5.74, 6) is 0.150. The third-order valence-electron chi connectivity index (χ3n) is 5.66. The van der Waals surface area contributed by atoms with Crippen molar-refractivity contribution in [3.8, 4) is 0 Å². The molecule has 3 nitrogen and oxygen atoms in total. The van der Waals surface area contributed by atoms with Gasteiger partial charge in [-0.1, -0.05) is 31.2 Å². The Bertz CT molecular complexity index is 662. The van der Waals surface area contributed by atoms with Crippen LogP contribution in [0.25, 0.3) is 0 Å². The van der Waals surface area contributed by atoms with Crippen LogP contribution in [0.2, 0.25) is 0 Å². The van der Waals surface area contributed by atoms with Gasteiger partial charge in [-0.3, -0.25) is 4.79 Å². The molecule has 3 atom stereocenters. The van der Waals surface area contributed by atoms with Crippen molar-refractivity contribution >= 4 is 5.97 Å². The summed E-state index contributed by atoms with van der Waals surface area (Å²) >= 11 is 0. The molecule has 1 saturated heterocycles. The molecule has 3 heteroatoms. The lowest BCUT2D eigenvalue weighted by atomic mass is 9.68. The molecule has 0 aliphatic carbocycles. The molecule has 0 radical (unpaired) electrons. The molecule has 0 aromatic heterocycles. The zero-order chi connectivity index (χ0) is 18.1. The van der Waals surface area contributed by atoms with Gasteiger partial charge >= 0.3 is 5.97 Å². The predicted molar refractivity (Wildman–Crippen MR) is 209 cm³/mol. The van der Waals surface area contributed by atoms with E-state index in [2.05, 4.69) is 52.1 Å². The fraction of sp³-hybridized carbons (Fsp3) is 0.667. The van der Waals surface area contributed by atoms with Gasteiger partial charge in [0, 0.05) is 85.3 Å². The van der Waals surface area contributed by atoms with Crippen LogP contribution in [0.3, 0.4) is 0 Å². The number of piperidine rings is 1. The number of ether oxygens (including phenoxy) is 1. The number of carbonyl (C=O) groups excluding carboxylic acids is 1. The highest BCUT2D eigenvalue weighted by Gasteiger charge is 2.48. The average molecular weight is 436 g/mol. The third kappa shape index (κ3) is 3.83. The lowest BCUT2D eigenvalue weighted by Crippen LogP contribution is -2.64. The van der Waals surface area contributed by atoms with Crippen molar-refractivity contribution in [3.63, 3.8) is 0 Å². The molecule has 1 N–H and O–H groups in total. The first-order chi connectivity index (χ1) is 11.1. The van der Waals surface area contributed by atoms with E-state index >= 15 is 0 Å². The van der Waals surface area contributed by atoms with Crippen molar-refractivity contribution in [1.29, 1.82) is 0 Å². The number of aryl methyl sites for hydroxylation is 1. The van der Waals surface area contributed by atoms with E-state index in [1.54, 1.807) is 0 Å². The van der Waals surface area contributed by atoms with Gasteiger partial charge in [0.25, 0.3) is 0 Å². The molecule has 1 aliphatic heterocycles. The largest absolute Gasteiger partial charge is 0.462 e. The minimum absolute atomic E-state index is 0. The van der Waals surface area contributed by atoms with E-state index in [-0.39, 0.29) is 103 Å². The maximum absolute atomic E-state index is 13.0. The lowest BCUT2D eigenvalue weighted by molar-refractivity contribution is -0.152. The first kappa shape index (κ1) is 19.0. The van der Waals surface area contributed by atoms with Crippen molar-refractivity contribution in [1.82, 2.24) is 5.32 Å². The van der Waals surface area contributed by atoms with Crippen LogP contribution in [-0.4, -0.2) is 23.2 Å². The van der Waals surface area contributed by atoms with Crippen LogP contribution in [0, 0.1) is 12.8 Å². The van der Waals surface area contributed by atoms with Crippen molar-refractivity contribution in [3.05, 3.63) is 35.4 Å². The number of nitrogens with one attached hydrogen (secondary N) is 1. The molecule has 0 bridgehead atoms. The molecule has 0 amide bonds. The summed E-state index contributed by atoms with van der Waals surface area (Å²) in [6.45, 7) is 14.8. The molecule has 1 fully saturated rings. The molecule has 238 valence electrons. The monoisotopic (exact) mass is 436 g/mol. The van der Waals surface area contributed by atoms with Crippen LogP contribution >= 0.6 is 0 Å². The minimum Gasteiger partial charge on any atom is -0.462 e. The van der Waals surface area contributed by atoms with E-state index in [9.17, 15) is 4.79 Å². The Kier molecular flexibility index (Phi) is 5.44. The topological polar surface area (TPSA) is 38.3 Å². The Labute approximate surface area is 224 Å². The van der Waals surface area contributed by atoms with Gasteiger partial charge in [-0.25, -0.2) is 0 Å². The molecule has 1 aromatic rings. The second-order valence-corrected chi connectivity index (χ2v) is 8.48. The van der Waals surface area contributed by atoms with Crippen molar-refractivity contribution in [2.24, 2.45) is 5.92 Å². The molecular formula is C21H137NO2. The van der Waals surface area contributed by atoms with E-state index < -0.39 is 0 Å². The predicted octanol–water partition coefficient (Wildman–Crippen LogP) is 17.4. The standard InChI is InChI=1S/C21H33NO2.52H2/c1-14(2)24-19(23)18(17-11-9-8-10-15(17)3)21(7)13-12-16(4)20(5,6)22-21;;;;;;;;;;;;;;;;;;;;;;;;;;;;;;;;;;;;;;;;;;;;;;;;;;;;/h8-11,14,16,18,22H,12-13H2,1-7H3;52*1H/t16?,18-,21+;;;;;;;;;;;;;;;;;;;;;;;;;;;;;;;;;;;;;;;;;;;;;;;;;;;;/m0..................................................../s1. The molecule has 0 saturated carbocycles. The number of esters is 1. The summed E-state index contributed by atoms with van der Waals surface area (Å²) in [6, 6.07) is 8.18. The van der Waals surface area contributed by atoms with Gasteiger partial charge in [0.1, 0.15) is 0 Å². The summed E-state index contributed by atoms with van der Waals surface area (Å²) in [4.78, 5) is 13.0. The third-order valence-corrected chi connectivity index (χ3v) is 5.66. The van der Waals surface area contributed by atoms with Gasteiger partial charge < -0.3 is 10.1 Å². The quantitative estimate of drug-likeness (QED) is 0.477. The van der Waals surface area contributed by atoms with Crippen LogP contribution < -0.4 is 5.32 Å². The van der Waals surface area contributed by atoms with Gasteiger partial charge in [-0.05, 0) is 71.4 Å². The lowest BCUT2D eigenvalue weighted by Gasteiger charge is -2.51. The second kappa shape index (κ2) is 6.87. The fourth-order valence-electron chi connectivity index (χ4n) is 3.96. The number of benzene rings is 1. The molecule has 0 spiro atoms.